The lowest BCUT2D eigenvalue weighted by Gasteiger charge is -2.20. The first kappa shape index (κ1) is 27.8. The molecule has 0 spiro atoms. The van der Waals surface area contributed by atoms with Gasteiger partial charge in [-0.05, 0) is 55.2 Å². The molecule has 7 heteroatoms. The van der Waals surface area contributed by atoms with Crippen LogP contribution in [0.1, 0.15) is 58.4 Å². The monoisotopic (exact) mass is 482 g/mol. The van der Waals surface area contributed by atoms with Crippen molar-refractivity contribution in [1.82, 2.24) is 5.32 Å². The van der Waals surface area contributed by atoms with Gasteiger partial charge in [0.15, 0.2) is 0 Å². The molecule has 0 bridgehead atoms. The van der Waals surface area contributed by atoms with Crippen LogP contribution in [0.3, 0.4) is 0 Å². The number of amides is 2. The van der Waals surface area contributed by atoms with Crippen LogP contribution in [0.25, 0.3) is 17.2 Å². The zero-order valence-corrected chi connectivity index (χ0v) is 21.3. The maximum absolute atomic E-state index is 12.6. The first-order valence-electron chi connectivity index (χ1n) is 12.4. The number of aliphatic carboxylic acids is 1. The average molecular weight is 483 g/mol. The van der Waals surface area contributed by atoms with Gasteiger partial charge >= 0.3 is 12.0 Å². The maximum atomic E-state index is 12.6. The second kappa shape index (κ2) is 14.7. The number of carbonyl (C=O) groups is 2. The van der Waals surface area contributed by atoms with E-state index in [0.717, 1.165) is 48.9 Å². The number of rotatable bonds is 14. The molecule has 2 N–H and O–H groups in total. The third-order valence-corrected chi connectivity index (χ3v) is 5.48. The van der Waals surface area contributed by atoms with Crippen molar-refractivity contribution < 1.29 is 24.2 Å². The topological polar surface area (TPSA) is 88.1 Å². The van der Waals surface area contributed by atoms with Gasteiger partial charge in [-0.25, -0.2) is 9.59 Å². The minimum absolute atomic E-state index is 0.117. The Bertz CT molecular complexity index is 1000. The predicted molar refractivity (Wildman–Crippen MR) is 141 cm³/mol. The molecule has 190 valence electrons. The van der Waals surface area contributed by atoms with Gasteiger partial charge in [0.2, 0.25) is 5.76 Å². The molecule has 0 atom stereocenters. The molecule has 2 aromatic carbocycles. The molecule has 0 aliphatic rings. The number of carboxylic acid groups (broad SMARTS) is 1. The molecule has 2 amide bonds. The number of nitrogens with one attached hydrogen (secondary N) is 1. The number of carboxylic acids is 1. The highest BCUT2D eigenvalue weighted by atomic mass is 16.5. The van der Waals surface area contributed by atoms with E-state index in [1.807, 2.05) is 42.5 Å². The van der Waals surface area contributed by atoms with Gasteiger partial charge in [0, 0.05) is 24.8 Å². The zero-order valence-electron chi connectivity index (χ0n) is 21.3. The Morgan fingerprint density at radius 1 is 1.03 bits per heavy atom. The molecule has 0 radical (unpaired) electrons. The highest BCUT2D eigenvalue weighted by Gasteiger charge is 2.14. The Morgan fingerprint density at radius 2 is 1.80 bits per heavy atom. The fourth-order valence-corrected chi connectivity index (χ4v) is 3.47. The Hall–Kier alpha value is -3.48. The molecule has 0 saturated heterocycles. The van der Waals surface area contributed by atoms with Crippen molar-refractivity contribution in [2.24, 2.45) is 0 Å². The molecule has 0 aliphatic heterocycles. The number of ether oxygens (including phenoxy) is 2. The van der Waals surface area contributed by atoms with E-state index in [-0.39, 0.29) is 18.4 Å². The summed E-state index contributed by atoms with van der Waals surface area (Å²) in [6, 6.07) is 13.1. The minimum atomic E-state index is -1.12. The van der Waals surface area contributed by atoms with Gasteiger partial charge < -0.3 is 19.9 Å². The Kier molecular flexibility index (Phi) is 11.7. The summed E-state index contributed by atoms with van der Waals surface area (Å²) >= 11 is 0. The van der Waals surface area contributed by atoms with Gasteiger partial charge in [-0.3, -0.25) is 4.90 Å². The van der Waals surface area contributed by atoms with Crippen molar-refractivity contribution in [3.8, 4) is 16.9 Å². The van der Waals surface area contributed by atoms with Gasteiger partial charge in [0.05, 0.1) is 13.2 Å². The highest BCUT2D eigenvalue weighted by molar-refractivity contribution is 5.92. The van der Waals surface area contributed by atoms with Crippen LogP contribution in [0.4, 0.5) is 10.5 Å². The highest BCUT2D eigenvalue weighted by Crippen LogP contribution is 2.34. The van der Waals surface area contributed by atoms with E-state index in [2.05, 4.69) is 19.2 Å². The molecule has 0 fully saturated rings. The van der Waals surface area contributed by atoms with E-state index >= 15 is 0 Å². The van der Waals surface area contributed by atoms with Crippen molar-refractivity contribution in [2.75, 3.05) is 31.7 Å². The fourth-order valence-electron chi connectivity index (χ4n) is 3.47. The third-order valence-electron chi connectivity index (χ3n) is 5.48. The van der Waals surface area contributed by atoms with Crippen LogP contribution in [0.5, 0.6) is 5.75 Å². The first-order chi connectivity index (χ1) is 16.9. The summed E-state index contributed by atoms with van der Waals surface area (Å²) in [5.41, 5.74) is 3.21. The maximum Gasteiger partial charge on any atom is 0.371 e. The second-order valence-corrected chi connectivity index (χ2v) is 8.25. The van der Waals surface area contributed by atoms with Crippen molar-refractivity contribution in [3.63, 3.8) is 0 Å². The minimum Gasteiger partial charge on any atom is -0.493 e. The van der Waals surface area contributed by atoms with Crippen molar-refractivity contribution in [2.45, 2.75) is 52.9 Å². The normalized spacial score (nSPS) is 11.1. The molecule has 7 nitrogen and oxygen atoms in total. The number of benzene rings is 2. The summed E-state index contributed by atoms with van der Waals surface area (Å²) in [5.74, 6) is -0.585. The molecular formula is C28H38N2O5. The van der Waals surface area contributed by atoms with Crippen LogP contribution < -0.4 is 15.0 Å². The molecule has 0 heterocycles. The Balaban J connectivity index is 2.35. The van der Waals surface area contributed by atoms with Gasteiger partial charge in [0.25, 0.3) is 0 Å². The van der Waals surface area contributed by atoms with Crippen LogP contribution in [-0.2, 0) is 9.53 Å². The van der Waals surface area contributed by atoms with E-state index in [0.29, 0.717) is 24.5 Å². The zero-order chi connectivity index (χ0) is 25.6. The number of anilines is 1. The number of hydrogen-bond acceptors (Lipinski definition) is 4. The molecule has 0 saturated carbocycles. The molecular weight excluding hydrogens is 444 g/mol. The Morgan fingerprint density at radius 3 is 2.49 bits per heavy atom. The van der Waals surface area contributed by atoms with Crippen LogP contribution >= 0.6 is 0 Å². The van der Waals surface area contributed by atoms with E-state index < -0.39 is 5.97 Å². The standard InChI is InChI=1S/C28H38N2O5/c1-5-8-10-16-29-28(33)30(4)23-13-11-12-22(20-23)24-15-14-21(18-25(24)35-17-9-6-2)19-26(27(31)32)34-7-3/h11-15,18-20H,5-10,16-17H2,1-4H3,(H,29,33)(H,31,32)/b26-19+. The summed E-state index contributed by atoms with van der Waals surface area (Å²) in [5, 5.41) is 12.3. The lowest BCUT2D eigenvalue weighted by molar-refractivity contribution is -0.136. The van der Waals surface area contributed by atoms with Crippen LogP contribution in [0.2, 0.25) is 0 Å². The SMILES string of the molecule is CCCCCNC(=O)N(C)c1cccc(-c2ccc(/C=C(/OCC)C(=O)O)cc2OCCCC)c1. The summed E-state index contributed by atoms with van der Waals surface area (Å²) in [6.45, 7) is 7.44. The largest absolute Gasteiger partial charge is 0.493 e. The number of urea groups is 1. The van der Waals surface area contributed by atoms with Crippen LogP contribution in [0.15, 0.2) is 48.2 Å². The second-order valence-electron chi connectivity index (χ2n) is 8.25. The van der Waals surface area contributed by atoms with Crippen LogP contribution in [-0.4, -0.2) is 43.9 Å². The summed E-state index contributed by atoms with van der Waals surface area (Å²) < 4.78 is 11.3. The fraction of sp³-hybridized carbons (Fsp3) is 0.429. The van der Waals surface area contributed by atoms with Crippen molar-refractivity contribution >= 4 is 23.8 Å². The Labute approximate surface area is 208 Å². The van der Waals surface area contributed by atoms with E-state index in [1.165, 1.54) is 6.08 Å². The lowest BCUT2D eigenvalue weighted by atomic mass is 10.0. The smallest absolute Gasteiger partial charge is 0.371 e. The van der Waals surface area contributed by atoms with Crippen LogP contribution in [0, 0.1) is 0 Å². The summed E-state index contributed by atoms with van der Waals surface area (Å²) in [7, 11) is 1.75. The number of unbranched alkanes of at least 4 members (excludes halogenated alkanes) is 3. The average Bonchev–Trinajstić information content (AvgIpc) is 2.86. The van der Waals surface area contributed by atoms with Crippen molar-refractivity contribution in [1.29, 1.82) is 0 Å². The number of carbonyl (C=O) groups excluding carboxylic acids is 1. The lowest BCUT2D eigenvalue weighted by Crippen LogP contribution is -2.37. The van der Waals surface area contributed by atoms with Gasteiger partial charge in [-0.2, -0.15) is 0 Å². The number of nitrogens with zero attached hydrogens (tertiary/aromatic N) is 1. The van der Waals surface area contributed by atoms with E-state index in [9.17, 15) is 14.7 Å². The third kappa shape index (κ3) is 8.67. The van der Waals surface area contributed by atoms with E-state index in [4.69, 9.17) is 9.47 Å². The van der Waals surface area contributed by atoms with Gasteiger partial charge in [-0.15, -0.1) is 0 Å². The summed E-state index contributed by atoms with van der Waals surface area (Å²) in [4.78, 5) is 25.6. The predicted octanol–water partition coefficient (Wildman–Crippen LogP) is 6.33. The van der Waals surface area contributed by atoms with Gasteiger partial charge in [-0.1, -0.05) is 57.4 Å². The quantitative estimate of drug-likeness (QED) is 0.187. The summed E-state index contributed by atoms with van der Waals surface area (Å²) in [6.07, 6.45) is 6.55. The van der Waals surface area contributed by atoms with Gasteiger partial charge in [0.1, 0.15) is 5.75 Å². The van der Waals surface area contributed by atoms with Crippen molar-refractivity contribution in [3.05, 3.63) is 53.8 Å². The molecule has 2 rings (SSSR count). The number of hydrogen-bond donors (Lipinski definition) is 2. The molecule has 0 aliphatic carbocycles. The molecule has 2 aromatic rings. The molecule has 0 unspecified atom stereocenters. The van der Waals surface area contributed by atoms with E-state index in [1.54, 1.807) is 18.9 Å². The first-order valence-corrected chi connectivity index (χ1v) is 12.4. The molecule has 0 aromatic heterocycles. The molecule has 35 heavy (non-hydrogen) atoms.